The Morgan fingerprint density at radius 2 is 1.81 bits per heavy atom. The Kier molecular flexibility index (Phi) is 5.37. The molecule has 2 atom stereocenters. The van der Waals surface area contributed by atoms with Gasteiger partial charge in [0.15, 0.2) is 0 Å². The van der Waals surface area contributed by atoms with Gasteiger partial charge in [-0.1, -0.05) is 30.3 Å². The number of rotatable bonds is 5. The van der Waals surface area contributed by atoms with Crippen molar-refractivity contribution in [3.63, 3.8) is 0 Å². The number of ether oxygens (including phenoxy) is 1. The van der Waals surface area contributed by atoms with Gasteiger partial charge in [0.1, 0.15) is 5.75 Å². The van der Waals surface area contributed by atoms with Gasteiger partial charge in [-0.2, -0.15) is 4.31 Å². The number of sulfonamides is 1. The van der Waals surface area contributed by atoms with E-state index < -0.39 is 10.0 Å². The highest BCUT2D eigenvalue weighted by atomic mass is 32.2. The normalized spacial score (nSPS) is 21.1. The second kappa shape index (κ2) is 7.39. The molecule has 2 aromatic rings. The lowest BCUT2D eigenvalue weighted by Crippen LogP contribution is -2.30. The van der Waals surface area contributed by atoms with Crippen LogP contribution in [0.15, 0.2) is 47.4 Å². The first kappa shape index (κ1) is 18.9. The van der Waals surface area contributed by atoms with Gasteiger partial charge in [0.25, 0.3) is 0 Å². The molecule has 1 aliphatic heterocycles. The first-order valence-electron chi connectivity index (χ1n) is 8.79. The van der Waals surface area contributed by atoms with E-state index in [0.717, 1.165) is 11.1 Å². The molecule has 0 amide bonds. The zero-order valence-corrected chi connectivity index (χ0v) is 16.3. The molecule has 0 aromatic heterocycles. The van der Waals surface area contributed by atoms with Crippen molar-refractivity contribution < 1.29 is 13.2 Å². The van der Waals surface area contributed by atoms with Crippen molar-refractivity contribution in [2.75, 3.05) is 26.7 Å². The van der Waals surface area contributed by atoms with E-state index in [4.69, 9.17) is 10.5 Å². The molecule has 1 heterocycles. The van der Waals surface area contributed by atoms with E-state index in [1.165, 1.54) is 0 Å². The van der Waals surface area contributed by atoms with Gasteiger partial charge in [0.2, 0.25) is 10.0 Å². The van der Waals surface area contributed by atoms with Crippen molar-refractivity contribution in [3.8, 4) is 5.75 Å². The fourth-order valence-electron chi connectivity index (χ4n) is 3.74. The molecule has 1 saturated heterocycles. The number of methoxy groups -OCH3 is 1. The Balaban J connectivity index is 1.95. The van der Waals surface area contributed by atoms with E-state index in [1.807, 2.05) is 37.3 Å². The standard InChI is InChI=1S/C20H26N2O3S/c1-14-10-20(15(2)9-19(14)25-3)26(23,24)22-12-17(11-21)18(13-22)16-7-5-4-6-8-16/h4-10,17-18H,11-13,21H2,1-3H3/t17-,18+/m1/s1. The van der Waals surface area contributed by atoms with E-state index in [2.05, 4.69) is 0 Å². The summed E-state index contributed by atoms with van der Waals surface area (Å²) in [6, 6.07) is 13.5. The maximum Gasteiger partial charge on any atom is 0.243 e. The molecule has 5 nitrogen and oxygen atoms in total. The zero-order chi connectivity index (χ0) is 18.9. The summed E-state index contributed by atoms with van der Waals surface area (Å²) in [6.45, 7) is 5.03. The largest absolute Gasteiger partial charge is 0.496 e. The first-order chi connectivity index (χ1) is 12.4. The predicted octanol–water partition coefficient (Wildman–Crippen LogP) is 2.68. The van der Waals surface area contributed by atoms with Gasteiger partial charge in [0, 0.05) is 19.0 Å². The zero-order valence-electron chi connectivity index (χ0n) is 15.5. The quantitative estimate of drug-likeness (QED) is 0.873. The van der Waals surface area contributed by atoms with Gasteiger partial charge >= 0.3 is 0 Å². The van der Waals surface area contributed by atoms with Crippen LogP contribution in [0.5, 0.6) is 5.75 Å². The molecule has 6 heteroatoms. The van der Waals surface area contributed by atoms with Gasteiger partial charge < -0.3 is 10.5 Å². The van der Waals surface area contributed by atoms with Gasteiger partial charge in [-0.3, -0.25) is 0 Å². The van der Waals surface area contributed by atoms with Gasteiger partial charge in [-0.05, 0) is 55.1 Å². The van der Waals surface area contributed by atoms with Crippen LogP contribution in [0, 0.1) is 19.8 Å². The van der Waals surface area contributed by atoms with Crippen molar-refractivity contribution in [1.29, 1.82) is 0 Å². The molecule has 0 radical (unpaired) electrons. The monoisotopic (exact) mass is 374 g/mol. The van der Waals surface area contributed by atoms with Crippen LogP contribution in [0.4, 0.5) is 0 Å². The number of hydrogen-bond donors (Lipinski definition) is 1. The first-order valence-corrected chi connectivity index (χ1v) is 10.2. The summed E-state index contributed by atoms with van der Waals surface area (Å²) in [7, 11) is -1.99. The van der Waals surface area contributed by atoms with Gasteiger partial charge in [-0.25, -0.2) is 8.42 Å². The van der Waals surface area contributed by atoms with E-state index in [1.54, 1.807) is 30.5 Å². The maximum atomic E-state index is 13.3. The van der Waals surface area contributed by atoms with Crippen molar-refractivity contribution in [2.45, 2.75) is 24.7 Å². The molecule has 140 valence electrons. The second-order valence-corrected chi connectivity index (χ2v) is 8.83. The van der Waals surface area contributed by atoms with Crippen LogP contribution in [0.1, 0.15) is 22.6 Å². The van der Waals surface area contributed by atoms with Crippen molar-refractivity contribution in [1.82, 2.24) is 4.31 Å². The summed E-state index contributed by atoms with van der Waals surface area (Å²) in [5.41, 5.74) is 8.61. The highest BCUT2D eigenvalue weighted by molar-refractivity contribution is 7.89. The summed E-state index contributed by atoms with van der Waals surface area (Å²) >= 11 is 0. The lowest BCUT2D eigenvalue weighted by molar-refractivity contribution is 0.410. The topological polar surface area (TPSA) is 72.6 Å². The minimum Gasteiger partial charge on any atom is -0.496 e. The number of nitrogens with two attached hydrogens (primary N) is 1. The van der Waals surface area contributed by atoms with Crippen LogP contribution in [0.25, 0.3) is 0 Å². The van der Waals surface area contributed by atoms with Crippen LogP contribution in [-0.4, -0.2) is 39.5 Å². The predicted molar refractivity (Wildman–Crippen MR) is 103 cm³/mol. The molecule has 0 spiro atoms. The van der Waals surface area contributed by atoms with Gasteiger partial charge in [-0.15, -0.1) is 0 Å². The molecule has 0 aliphatic carbocycles. The Hall–Kier alpha value is -1.89. The fourth-order valence-corrected chi connectivity index (χ4v) is 5.56. The van der Waals surface area contributed by atoms with E-state index in [9.17, 15) is 8.42 Å². The molecule has 26 heavy (non-hydrogen) atoms. The van der Waals surface area contributed by atoms with Crippen LogP contribution >= 0.6 is 0 Å². The Morgan fingerprint density at radius 3 is 2.42 bits per heavy atom. The third-order valence-corrected chi connectivity index (χ3v) is 7.22. The van der Waals surface area contributed by atoms with Gasteiger partial charge in [0.05, 0.1) is 12.0 Å². The summed E-state index contributed by atoms with van der Waals surface area (Å²) in [6.07, 6.45) is 0. The number of hydrogen-bond acceptors (Lipinski definition) is 4. The third kappa shape index (κ3) is 3.37. The van der Waals surface area contributed by atoms with E-state index in [0.29, 0.717) is 35.8 Å². The average Bonchev–Trinajstić information content (AvgIpc) is 3.09. The molecular formula is C20H26N2O3S. The average molecular weight is 375 g/mol. The molecule has 0 unspecified atom stereocenters. The molecule has 2 aromatic carbocycles. The van der Waals surface area contributed by atoms with Crippen molar-refractivity contribution >= 4 is 10.0 Å². The van der Waals surface area contributed by atoms with Crippen molar-refractivity contribution in [2.24, 2.45) is 11.7 Å². The molecule has 3 rings (SSSR count). The Morgan fingerprint density at radius 1 is 1.12 bits per heavy atom. The van der Waals surface area contributed by atoms with E-state index >= 15 is 0 Å². The van der Waals surface area contributed by atoms with Crippen molar-refractivity contribution in [3.05, 3.63) is 59.2 Å². The molecule has 2 N–H and O–H groups in total. The number of nitrogens with zero attached hydrogens (tertiary/aromatic N) is 1. The Bertz CT molecular complexity index is 881. The highest BCUT2D eigenvalue weighted by Crippen LogP contribution is 2.36. The summed E-state index contributed by atoms with van der Waals surface area (Å²) in [5.74, 6) is 0.937. The number of benzene rings is 2. The molecule has 0 bridgehead atoms. The second-order valence-electron chi connectivity index (χ2n) is 6.92. The molecule has 0 saturated carbocycles. The third-order valence-electron chi connectivity index (χ3n) is 5.25. The fraction of sp³-hybridized carbons (Fsp3) is 0.400. The minimum absolute atomic E-state index is 0.117. The van der Waals surface area contributed by atoms with E-state index in [-0.39, 0.29) is 11.8 Å². The summed E-state index contributed by atoms with van der Waals surface area (Å²) < 4.78 is 33.5. The van der Waals surface area contributed by atoms with Crippen LogP contribution in [-0.2, 0) is 10.0 Å². The van der Waals surface area contributed by atoms with Crippen LogP contribution in [0.3, 0.4) is 0 Å². The molecular weight excluding hydrogens is 348 g/mol. The number of aryl methyl sites for hydroxylation is 2. The lowest BCUT2D eigenvalue weighted by atomic mass is 9.89. The van der Waals surface area contributed by atoms with Crippen LogP contribution in [0.2, 0.25) is 0 Å². The highest BCUT2D eigenvalue weighted by Gasteiger charge is 2.39. The summed E-state index contributed by atoms with van der Waals surface area (Å²) in [5, 5.41) is 0. The Labute approximate surface area is 155 Å². The van der Waals surface area contributed by atoms with Crippen LogP contribution < -0.4 is 10.5 Å². The minimum atomic E-state index is -3.58. The lowest BCUT2D eigenvalue weighted by Gasteiger charge is -2.19. The summed E-state index contributed by atoms with van der Waals surface area (Å²) in [4.78, 5) is 0.347. The smallest absolute Gasteiger partial charge is 0.243 e. The SMILES string of the molecule is COc1cc(C)c(S(=O)(=O)N2C[C@@H](CN)[C@H](c3ccccc3)C2)cc1C. The molecule has 1 fully saturated rings. The maximum absolute atomic E-state index is 13.3. The molecule has 1 aliphatic rings.